The second-order valence-electron chi connectivity index (χ2n) is 10.6. The van der Waals surface area contributed by atoms with Gasteiger partial charge in [0.05, 0.1) is 22.6 Å². The number of hydrogen-bond acceptors (Lipinski definition) is 5. The van der Waals surface area contributed by atoms with E-state index >= 15 is 0 Å². The van der Waals surface area contributed by atoms with E-state index in [-0.39, 0.29) is 0 Å². The van der Waals surface area contributed by atoms with E-state index in [0.717, 1.165) is 44.7 Å². The largest absolute Gasteiger partial charge is 0.427 e. The monoisotopic (exact) mass is 512 g/mol. The molecule has 5 aromatic rings. The van der Waals surface area contributed by atoms with Gasteiger partial charge in [0.2, 0.25) is 0 Å². The van der Waals surface area contributed by atoms with Crippen LogP contribution in [0.3, 0.4) is 0 Å². The van der Waals surface area contributed by atoms with Crippen molar-refractivity contribution in [3.63, 3.8) is 0 Å². The van der Waals surface area contributed by atoms with Crippen molar-refractivity contribution in [1.29, 1.82) is 0 Å². The van der Waals surface area contributed by atoms with Crippen LogP contribution in [-0.4, -0.2) is 38.7 Å². The fourth-order valence-corrected chi connectivity index (χ4v) is 3.96. The molecule has 0 saturated carbocycles. The zero-order valence-electron chi connectivity index (χ0n) is 22.7. The van der Waals surface area contributed by atoms with Gasteiger partial charge in [-0.3, -0.25) is 4.98 Å². The maximum Gasteiger partial charge on any atom is 0.330 e. The van der Waals surface area contributed by atoms with Crippen molar-refractivity contribution in [1.82, 2.24) is 15.0 Å². The first-order valence-corrected chi connectivity index (χ1v) is 13.0. The molecule has 0 amide bonds. The minimum atomic E-state index is -1.00. The molecule has 0 aliphatic heterocycles. The highest BCUT2D eigenvalue weighted by Gasteiger charge is 2.35. The Labute approximate surface area is 230 Å². The summed E-state index contributed by atoms with van der Waals surface area (Å²) in [6.07, 6.45) is 3.64. The summed E-state index contributed by atoms with van der Waals surface area (Å²) in [5, 5.41) is 10.4. The third-order valence-electron chi connectivity index (χ3n) is 7.08. The molecule has 5 rings (SSSR count). The third kappa shape index (κ3) is 6.14. The Kier molecular flexibility index (Phi) is 7.42. The van der Waals surface area contributed by atoms with E-state index in [1.54, 1.807) is 27.5 Å². The second-order valence-corrected chi connectivity index (χ2v) is 10.6. The molecular formula is C33H31BN3O2. The molecule has 0 saturated heterocycles. The molecule has 1 radical (unpaired) electrons. The van der Waals surface area contributed by atoms with Crippen molar-refractivity contribution in [3.8, 4) is 45.0 Å². The highest BCUT2D eigenvalue weighted by atomic mass is 16.5. The fourth-order valence-electron chi connectivity index (χ4n) is 3.96. The molecule has 6 heteroatoms. The Morgan fingerprint density at radius 2 is 1.26 bits per heavy atom. The quantitative estimate of drug-likeness (QED) is 0.246. The summed E-state index contributed by atoms with van der Waals surface area (Å²) in [5.41, 5.74) is 5.85. The fraction of sp³-hybridized carbons (Fsp3) is 0.182. The molecule has 0 atom stereocenters. The van der Waals surface area contributed by atoms with Gasteiger partial charge >= 0.3 is 7.48 Å². The molecule has 2 heterocycles. The van der Waals surface area contributed by atoms with Crippen LogP contribution in [0.25, 0.3) is 45.0 Å². The molecule has 193 valence electrons. The number of rotatable bonds is 8. The summed E-state index contributed by atoms with van der Waals surface area (Å²) in [7, 11) is 1.68. The molecule has 0 fully saturated rings. The van der Waals surface area contributed by atoms with E-state index in [4.69, 9.17) is 14.6 Å². The van der Waals surface area contributed by atoms with E-state index in [1.807, 2.05) is 74.6 Å². The van der Waals surface area contributed by atoms with Gasteiger partial charge in [-0.1, -0.05) is 90.4 Å². The van der Waals surface area contributed by atoms with Crippen molar-refractivity contribution in [2.24, 2.45) is 0 Å². The smallest absolute Gasteiger partial charge is 0.330 e. The summed E-state index contributed by atoms with van der Waals surface area (Å²) in [4.78, 5) is 14.1. The Hall–Kier alpha value is -4.13. The lowest BCUT2D eigenvalue weighted by Gasteiger charge is -2.37. The van der Waals surface area contributed by atoms with Gasteiger partial charge in [0.15, 0.2) is 5.82 Å². The first-order chi connectivity index (χ1) is 18.7. The average molecular weight is 512 g/mol. The van der Waals surface area contributed by atoms with E-state index in [1.165, 1.54) is 0 Å². The zero-order valence-corrected chi connectivity index (χ0v) is 22.7. The van der Waals surface area contributed by atoms with Gasteiger partial charge in [0.25, 0.3) is 0 Å². The lowest BCUT2D eigenvalue weighted by Crippen LogP contribution is -2.49. The molecule has 0 unspecified atom stereocenters. The van der Waals surface area contributed by atoms with Gasteiger partial charge in [-0.15, -0.1) is 0 Å². The maximum atomic E-state index is 10.4. The lowest BCUT2D eigenvalue weighted by molar-refractivity contribution is -0.0893. The first-order valence-electron chi connectivity index (χ1n) is 13.0. The Morgan fingerprint density at radius 1 is 0.641 bits per heavy atom. The SMILES string of the molecule is CC(C)(O)C(C)(C)O[B]c1cccc(-c2nc(-c3ccccc3)cc(-c3ccc(-c4cccnc4)cc3)n2)c1. The van der Waals surface area contributed by atoms with Crippen molar-refractivity contribution >= 4 is 12.9 Å². The topological polar surface area (TPSA) is 68.1 Å². The van der Waals surface area contributed by atoms with Gasteiger partial charge in [-0.05, 0) is 51.0 Å². The van der Waals surface area contributed by atoms with E-state index in [0.29, 0.717) is 5.82 Å². The normalized spacial score (nSPS) is 11.8. The van der Waals surface area contributed by atoms with Crippen LogP contribution in [0.1, 0.15) is 27.7 Å². The van der Waals surface area contributed by atoms with Crippen LogP contribution in [0.4, 0.5) is 0 Å². The first kappa shape index (κ1) is 26.5. The predicted molar refractivity (Wildman–Crippen MR) is 158 cm³/mol. The molecule has 0 aliphatic carbocycles. The van der Waals surface area contributed by atoms with Crippen LogP contribution in [0.5, 0.6) is 0 Å². The molecule has 5 nitrogen and oxygen atoms in total. The summed E-state index contributed by atoms with van der Waals surface area (Å²) < 4.78 is 5.98. The Balaban J connectivity index is 1.51. The third-order valence-corrected chi connectivity index (χ3v) is 7.08. The van der Waals surface area contributed by atoms with Crippen molar-refractivity contribution < 1.29 is 9.76 Å². The van der Waals surface area contributed by atoms with E-state index in [9.17, 15) is 5.11 Å². The van der Waals surface area contributed by atoms with E-state index < -0.39 is 11.2 Å². The van der Waals surface area contributed by atoms with Crippen LogP contribution >= 0.6 is 0 Å². The second kappa shape index (κ2) is 10.9. The van der Waals surface area contributed by atoms with Gasteiger partial charge in [-0.25, -0.2) is 9.97 Å². The van der Waals surface area contributed by atoms with Gasteiger partial charge in [-0.2, -0.15) is 0 Å². The summed E-state index contributed by atoms with van der Waals surface area (Å²) in [6, 6.07) is 32.4. The minimum absolute atomic E-state index is 0.625. The zero-order chi connectivity index (χ0) is 27.5. The van der Waals surface area contributed by atoms with Crippen LogP contribution in [-0.2, 0) is 4.65 Å². The molecule has 0 spiro atoms. The standard InChI is InChI=1S/C33H31BN3O2/c1-32(2,38)33(3,4)39-34-28-14-8-12-26(20-28)31-36-29(24-10-6-5-7-11-24)21-30(37-31)25-17-15-23(16-18-25)27-13-9-19-35-22-27/h5-22,38H,1-4H3. The summed E-state index contributed by atoms with van der Waals surface area (Å²) in [5.74, 6) is 0.625. The molecule has 2 aromatic heterocycles. The summed E-state index contributed by atoms with van der Waals surface area (Å²) >= 11 is 0. The van der Waals surface area contributed by atoms with Gasteiger partial charge in [0, 0.05) is 29.1 Å². The number of hydrogen-bond donors (Lipinski definition) is 1. The average Bonchev–Trinajstić information content (AvgIpc) is 2.96. The molecular weight excluding hydrogens is 481 g/mol. The van der Waals surface area contributed by atoms with Crippen LogP contribution in [0, 0.1) is 0 Å². The van der Waals surface area contributed by atoms with Crippen molar-refractivity contribution in [3.05, 3.63) is 109 Å². The van der Waals surface area contributed by atoms with Crippen LogP contribution < -0.4 is 5.46 Å². The minimum Gasteiger partial charge on any atom is -0.427 e. The molecule has 1 N–H and O–H groups in total. The highest BCUT2D eigenvalue weighted by Crippen LogP contribution is 2.29. The molecule has 0 aliphatic rings. The van der Waals surface area contributed by atoms with Crippen LogP contribution in [0.15, 0.2) is 109 Å². The number of benzene rings is 3. The highest BCUT2D eigenvalue weighted by molar-refractivity contribution is 6.47. The van der Waals surface area contributed by atoms with E-state index in [2.05, 4.69) is 47.4 Å². The van der Waals surface area contributed by atoms with Crippen molar-refractivity contribution in [2.45, 2.75) is 38.9 Å². The molecule has 39 heavy (non-hydrogen) atoms. The van der Waals surface area contributed by atoms with Crippen molar-refractivity contribution in [2.75, 3.05) is 0 Å². The number of aromatic nitrogens is 3. The van der Waals surface area contributed by atoms with Gasteiger partial charge in [0.1, 0.15) is 0 Å². The number of nitrogens with zero attached hydrogens (tertiary/aromatic N) is 3. The lowest BCUT2D eigenvalue weighted by atomic mass is 9.82. The van der Waals surface area contributed by atoms with Gasteiger partial charge < -0.3 is 9.76 Å². The maximum absolute atomic E-state index is 10.4. The molecule has 3 aromatic carbocycles. The number of pyridine rings is 1. The number of aliphatic hydroxyl groups is 1. The Morgan fingerprint density at radius 3 is 1.90 bits per heavy atom. The van der Waals surface area contributed by atoms with Crippen LogP contribution in [0.2, 0.25) is 0 Å². The predicted octanol–water partition coefficient (Wildman–Crippen LogP) is 6.35. The molecule has 0 bridgehead atoms. The Bertz CT molecular complexity index is 1550. The summed E-state index contributed by atoms with van der Waals surface area (Å²) in [6.45, 7) is 7.22.